The Kier molecular flexibility index (Phi) is 4.46. The fraction of sp³-hybridized carbons (Fsp3) is 0.0625. The molecule has 0 N–H and O–H groups in total. The van der Waals surface area contributed by atoms with Crippen molar-refractivity contribution in [2.24, 2.45) is 0 Å². The van der Waals surface area contributed by atoms with Crippen molar-refractivity contribution < 1.29 is 14.5 Å². The molecule has 0 heterocycles. The smallest absolute Gasteiger partial charge is 0.269 e. The van der Waals surface area contributed by atoms with Gasteiger partial charge in [0, 0.05) is 17.7 Å². The summed E-state index contributed by atoms with van der Waals surface area (Å²) in [7, 11) is 1.56. The van der Waals surface area contributed by atoms with E-state index >= 15 is 0 Å². The molecule has 0 fully saturated rings. The Bertz CT molecular complexity index is 672. The topological polar surface area (TPSA) is 69.4 Å². The first-order chi connectivity index (χ1) is 10.1. The van der Waals surface area contributed by atoms with Crippen molar-refractivity contribution in [3.63, 3.8) is 0 Å². The van der Waals surface area contributed by atoms with E-state index < -0.39 is 4.92 Å². The molecule has 0 aliphatic heterocycles. The third kappa shape index (κ3) is 3.76. The summed E-state index contributed by atoms with van der Waals surface area (Å²) >= 11 is 0. The number of carbonyl (C=O) groups is 1. The second-order valence-electron chi connectivity index (χ2n) is 4.27. The zero-order valence-corrected chi connectivity index (χ0v) is 11.4. The van der Waals surface area contributed by atoms with Gasteiger partial charge in [-0.1, -0.05) is 6.08 Å². The second kappa shape index (κ2) is 6.47. The minimum absolute atomic E-state index is 0.0219. The minimum atomic E-state index is -0.462. The zero-order chi connectivity index (χ0) is 15.2. The highest BCUT2D eigenvalue weighted by Gasteiger charge is 2.04. The van der Waals surface area contributed by atoms with Gasteiger partial charge in [-0.05, 0) is 48.0 Å². The fourth-order valence-corrected chi connectivity index (χ4v) is 1.73. The van der Waals surface area contributed by atoms with Crippen LogP contribution in [-0.4, -0.2) is 17.8 Å². The van der Waals surface area contributed by atoms with Crippen molar-refractivity contribution in [1.29, 1.82) is 0 Å². The van der Waals surface area contributed by atoms with Crippen LogP contribution < -0.4 is 4.74 Å². The number of non-ortho nitro benzene ring substituents is 1. The Labute approximate surface area is 121 Å². The predicted octanol–water partition coefficient (Wildman–Crippen LogP) is 3.50. The van der Waals surface area contributed by atoms with Gasteiger partial charge >= 0.3 is 0 Å². The lowest BCUT2D eigenvalue weighted by atomic mass is 10.1. The molecule has 106 valence electrons. The highest BCUT2D eigenvalue weighted by atomic mass is 16.6. The normalized spacial score (nSPS) is 10.5. The molecule has 21 heavy (non-hydrogen) atoms. The maximum Gasteiger partial charge on any atom is 0.269 e. The number of carbonyl (C=O) groups excluding carboxylic acids is 1. The number of rotatable bonds is 5. The van der Waals surface area contributed by atoms with Gasteiger partial charge in [-0.25, -0.2) is 0 Å². The minimum Gasteiger partial charge on any atom is -0.497 e. The van der Waals surface area contributed by atoms with Gasteiger partial charge in [-0.3, -0.25) is 14.9 Å². The van der Waals surface area contributed by atoms with Crippen LogP contribution in [0, 0.1) is 10.1 Å². The largest absolute Gasteiger partial charge is 0.497 e. The SMILES string of the molecule is COc1ccc(C(=O)/C=C/c2ccc([N+](=O)[O-])cc2)cc1. The van der Waals surface area contributed by atoms with E-state index in [0.717, 1.165) is 5.56 Å². The molecule has 2 aromatic rings. The lowest BCUT2D eigenvalue weighted by Gasteiger charge is -2.00. The third-order valence-corrected chi connectivity index (χ3v) is 2.91. The quantitative estimate of drug-likeness (QED) is 0.364. The van der Waals surface area contributed by atoms with Crippen LogP contribution in [0.5, 0.6) is 5.75 Å². The summed E-state index contributed by atoms with van der Waals surface area (Å²) < 4.78 is 5.02. The van der Waals surface area contributed by atoms with Crippen molar-refractivity contribution in [2.75, 3.05) is 7.11 Å². The number of nitrogens with zero attached hydrogens (tertiary/aromatic N) is 1. The summed E-state index contributed by atoms with van der Waals surface area (Å²) in [6.45, 7) is 0. The zero-order valence-electron chi connectivity index (χ0n) is 11.4. The highest BCUT2D eigenvalue weighted by molar-refractivity contribution is 6.06. The van der Waals surface area contributed by atoms with Crippen LogP contribution in [0.3, 0.4) is 0 Å². The lowest BCUT2D eigenvalue weighted by Crippen LogP contribution is -1.94. The molecule has 0 aliphatic rings. The first kappa shape index (κ1) is 14.5. The monoisotopic (exact) mass is 283 g/mol. The summed E-state index contributed by atoms with van der Waals surface area (Å²) in [4.78, 5) is 22.0. The maximum atomic E-state index is 12.0. The fourth-order valence-electron chi connectivity index (χ4n) is 1.73. The average molecular weight is 283 g/mol. The van der Waals surface area contributed by atoms with Crippen LogP contribution >= 0.6 is 0 Å². The molecule has 0 radical (unpaired) electrons. The van der Waals surface area contributed by atoms with Gasteiger partial charge in [0.25, 0.3) is 5.69 Å². The molecule has 0 unspecified atom stereocenters. The van der Waals surface area contributed by atoms with Crippen LogP contribution in [0.2, 0.25) is 0 Å². The molecule has 0 aromatic heterocycles. The van der Waals surface area contributed by atoms with Crippen LogP contribution in [0.1, 0.15) is 15.9 Å². The predicted molar refractivity (Wildman–Crippen MR) is 79.5 cm³/mol. The molecular formula is C16H13NO4. The van der Waals surface area contributed by atoms with Gasteiger partial charge in [0.05, 0.1) is 12.0 Å². The summed E-state index contributed by atoms with van der Waals surface area (Å²) in [6, 6.07) is 12.8. The number of benzene rings is 2. The Hall–Kier alpha value is -2.95. The Morgan fingerprint density at radius 2 is 1.71 bits per heavy atom. The van der Waals surface area contributed by atoms with E-state index in [1.807, 2.05) is 0 Å². The lowest BCUT2D eigenvalue weighted by molar-refractivity contribution is -0.384. The number of methoxy groups -OCH3 is 1. The molecule has 0 atom stereocenters. The van der Waals surface area contributed by atoms with Crippen molar-refractivity contribution in [2.45, 2.75) is 0 Å². The van der Waals surface area contributed by atoms with Gasteiger partial charge < -0.3 is 4.74 Å². The number of hydrogen-bond acceptors (Lipinski definition) is 4. The van der Waals surface area contributed by atoms with E-state index in [4.69, 9.17) is 4.74 Å². The Balaban J connectivity index is 2.08. The number of hydrogen-bond donors (Lipinski definition) is 0. The van der Waals surface area contributed by atoms with Crippen LogP contribution in [0.4, 0.5) is 5.69 Å². The van der Waals surface area contributed by atoms with E-state index in [9.17, 15) is 14.9 Å². The summed E-state index contributed by atoms with van der Waals surface area (Å²) in [5.41, 5.74) is 1.30. The molecule has 5 heteroatoms. The van der Waals surface area contributed by atoms with E-state index in [-0.39, 0.29) is 11.5 Å². The van der Waals surface area contributed by atoms with Gasteiger partial charge in [-0.15, -0.1) is 0 Å². The molecule has 0 saturated heterocycles. The average Bonchev–Trinajstić information content (AvgIpc) is 2.53. The molecule has 0 bridgehead atoms. The number of ketones is 1. The van der Waals surface area contributed by atoms with E-state index in [1.54, 1.807) is 49.6 Å². The van der Waals surface area contributed by atoms with E-state index in [1.165, 1.54) is 18.2 Å². The molecule has 0 amide bonds. The van der Waals surface area contributed by atoms with Crippen molar-refractivity contribution in [1.82, 2.24) is 0 Å². The second-order valence-corrected chi connectivity index (χ2v) is 4.27. The van der Waals surface area contributed by atoms with Gasteiger partial charge in [0.1, 0.15) is 5.75 Å². The maximum absolute atomic E-state index is 12.0. The molecule has 2 rings (SSSR count). The molecule has 5 nitrogen and oxygen atoms in total. The van der Waals surface area contributed by atoms with Crippen molar-refractivity contribution in [3.8, 4) is 5.75 Å². The molecule has 0 spiro atoms. The summed E-state index contributed by atoms with van der Waals surface area (Å²) in [6.07, 6.45) is 3.05. The number of allylic oxidation sites excluding steroid dienone is 1. The highest BCUT2D eigenvalue weighted by Crippen LogP contribution is 2.15. The van der Waals surface area contributed by atoms with E-state index in [2.05, 4.69) is 0 Å². The number of nitro groups is 1. The molecular weight excluding hydrogens is 270 g/mol. The van der Waals surface area contributed by atoms with Gasteiger partial charge in [-0.2, -0.15) is 0 Å². The van der Waals surface area contributed by atoms with Crippen LogP contribution in [0.25, 0.3) is 6.08 Å². The van der Waals surface area contributed by atoms with Crippen molar-refractivity contribution in [3.05, 3.63) is 75.8 Å². The first-order valence-corrected chi connectivity index (χ1v) is 6.21. The molecule has 0 aliphatic carbocycles. The number of nitro benzene ring substituents is 1. The van der Waals surface area contributed by atoms with Gasteiger partial charge in [0.15, 0.2) is 5.78 Å². The van der Waals surface area contributed by atoms with Crippen LogP contribution in [0.15, 0.2) is 54.6 Å². The number of ether oxygens (including phenoxy) is 1. The molecule has 0 saturated carbocycles. The van der Waals surface area contributed by atoms with Gasteiger partial charge in [0.2, 0.25) is 0 Å². The standard InChI is InChI=1S/C16H13NO4/c1-21-15-9-5-13(6-10-15)16(18)11-4-12-2-7-14(8-3-12)17(19)20/h2-11H,1H3/b11-4+. The van der Waals surface area contributed by atoms with E-state index in [0.29, 0.717) is 11.3 Å². The Morgan fingerprint density at radius 3 is 2.24 bits per heavy atom. The molecule has 2 aromatic carbocycles. The van der Waals surface area contributed by atoms with Crippen LogP contribution in [-0.2, 0) is 0 Å². The first-order valence-electron chi connectivity index (χ1n) is 6.21. The summed E-state index contributed by atoms with van der Waals surface area (Å²) in [5, 5.41) is 10.5. The summed E-state index contributed by atoms with van der Waals surface area (Å²) in [5.74, 6) is 0.543. The third-order valence-electron chi connectivity index (χ3n) is 2.91. The van der Waals surface area contributed by atoms with Crippen molar-refractivity contribution >= 4 is 17.5 Å². The Morgan fingerprint density at radius 1 is 1.10 bits per heavy atom.